The molecule has 4 nitrogen and oxygen atoms in total. The number of nitrogens with zero attached hydrogens (tertiary/aromatic N) is 1. The normalized spacial score (nSPS) is 10.8. The molecule has 1 N–H and O–H groups in total. The zero-order valence-corrected chi connectivity index (χ0v) is 13.5. The molecular weight excluding hydrogens is 328 g/mol. The fraction of sp³-hybridized carbons (Fsp3) is 0.692. The van der Waals surface area contributed by atoms with Crippen LogP contribution in [0.1, 0.15) is 44.9 Å². The summed E-state index contributed by atoms with van der Waals surface area (Å²) in [7, 11) is 0. The zero-order valence-electron chi connectivity index (χ0n) is 11.0. The standard InChI is InChI=1S/C13H21BrN2O2S/c14-11-10-16(13(18)15-12(11)17)8-6-4-2-1-3-5-7-9-19/h10,19H,1-9H2,(H,15,17,18). The molecule has 1 heterocycles. The van der Waals surface area contributed by atoms with Gasteiger partial charge >= 0.3 is 5.69 Å². The topological polar surface area (TPSA) is 54.9 Å². The molecule has 0 aliphatic carbocycles. The van der Waals surface area contributed by atoms with Gasteiger partial charge in [0.1, 0.15) is 0 Å². The molecule has 19 heavy (non-hydrogen) atoms. The van der Waals surface area contributed by atoms with Gasteiger partial charge < -0.3 is 0 Å². The third-order valence-corrected chi connectivity index (χ3v) is 3.91. The molecule has 6 heteroatoms. The van der Waals surface area contributed by atoms with Crippen molar-refractivity contribution in [3.8, 4) is 0 Å². The molecule has 0 aliphatic rings. The number of H-pyrrole nitrogens is 1. The maximum Gasteiger partial charge on any atom is 0.328 e. The number of hydrogen-bond donors (Lipinski definition) is 2. The Bertz CT molecular complexity index is 484. The lowest BCUT2D eigenvalue weighted by atomic mass is 10.1. The van der Waals surface area contributed by atoms with E-state index in [9.17, 15) is 9.59 Å². The van der Waals surface area contributed by atoms with Crippen LogP contribution in [-0.4, -0.2) is 15.3 Å². The molecule has 0 spiro atoms. The van der Waals surface area contributed by atoms with Crippen molar-refractivity contribution in [3.05, 3.63) is 31.5 Å². The number of hydrogen-bond acceptors (Lipinski definition) is 3. The van der Waals surface area contributed by atoms with Gasteiger partial charge in [-0.05, 0) is 34.5 Å². The molecule has 0 saturated carbocycles. The van der Waals surface area contributed by atoms with Crippen LogP contribution in [-0.2, 0) is 6.54 Å². The second kappa shape index (κ2) is 9.42. The van der Waals surface area contributed by atoms with Crippen LogP contribution in [0.4, 0.5) is 0 Å². The number of aryl methyl sites for hydroxylation is 1. The molecule has 1 rings (SSSR count). The van der Waals surface area contributed by atoms with Gasteiger partial charge in [-0.2, -0.15) is 12.6 Å². The molecule has 1 aromatic rings. The first-order chi connectivity index (χ1) is 9.15. The highest BCUT2D eigenvalue weighted by atomic mass is 79.9. The van der Waals surface area contributed by atoms with Crippen LogP contribution in [0, 0.1) is 0 Å². The first-order valence-electron chi connectivity index (χ1n) is 6.75. The van der Waals surface area contributed by atoms with E-state index in [-0.39, 0.29) is 11.2 Å². The molecule has 0 unspecified atom stereocenters. The quantitative estimate of drug-likeness (QED) is 0.532. The SMILES string of the molecule is O=c1[nH]c(=O)n(CCCCCCCCCS)cc1Br. The minimum atomic E-state index is -0.370. The number of aromatic amines is 1. The molecular formula is C13H21BrN2O2S. The second-order valence-corrected chi connectivity index (χ2v) is 5.93. The summed E-state index contributed by atoms with van der Waals surface area (Å²) in [6.07, 6.45) is 9.82. The molecule has 0 amide bonds. The second-order valence-electron chi connectivity index (χ2n) is 4.63. The Labute approximate surface area is 127 Å². The number of rotatable bonds is 9. The monoisotopic (exact) mass is 348 g/mol. The maximum atomic E-state index is 11.5. The van der Waals surface area contributed by atoms with E-state index in [1.54, 1.807) is 10.8 Å². The van der Waals surface area contributed by atoms with Gasteiger partial charge in [0.25, 0.3) is 5.56 Å². The summed E-state index contributed by atoms with van der Waals surface area (Å²) in [5.74, 6) is 0.976. The van der Waals surface area contributed by atoms with E-state index in [0.29, 0.717) is 11.0 Å². The van der Waals surface area contributed by atoms with Crippen LogP contribution < -0.4 is 11.2 Å². The summed E-state index contributed by atoms with van der Waals surface area (Å²) < 4.78 is 1.95. The average Bonchev–Trinajstić information content (AvgIpc) is 2.38. The van der Waals surface area contributed by atoms with Crippen molar-refractivity contribution < 1.29 is 0 Å². The molecule has 0 radical (unpaired) electrons. The van der Waals surface area contributed by atoms with Crippen LogP contribution in [0.25, 0.3) is 0 Å². The minimum absolute atomic E-state index is 0.332. The van der Waals surface area contributed by atoms with Crippen LogP contribution in [0.15, 0.2) is 20.3 Å². The van der Waals surface area contributed by atoms with Gasteiger partial charge in [-0.25, -0.2) is 4.79 Å². The fourth-order valence-electron chi connectivity index (χ4n) is 1.93. The Kier molecular flexibility index (Phi) is 8.21. The highest BCUT2D eigenvalue weighted by Gasteiger charge is 2.01. The summed E-state index contributed by atoms with van der Waals surface area (Å²) in [5, 5.41) is 0. The van der Waals surface area contributed by atoms with Gasteiger partial charge in [0, 0.05) is 12.7 Å². The average molecular weight is 349 g/mol. The molecule has 0 aliphatic heterocycles. The Hall–Kier alpha value is -0.490. The summed E-state index contributed by atoms with van der Waals surface area (Å²) in [6, 6.07) is 0. The van der Waals surface area contributed by atoms with Gasteiger partial charge in [0.2, 0.25) is 0 Å². The highest BCUT2D eigenvalue weighted by molar-refractivity contribution is 9.10. The number of unbranched alkanes of at least 4 members (excludes halogenated alkanes) is 6. The van der Waals surface area contributed by atoms with Crippen molar-refractivity contribution in [1.29, 1.82) is 0 Å². The summed E-state index contributed by atoms with van der Waals surface area (Å²) in [6.45, 7) is 0.658. The molecule has 0 bridgehead atoms. The first-order valence-corrected chi connectivity index (χ1v) is 8.18. The number of halogens is 1. The van der Waals surface area contributed by atoms with Crippen molar-refractivity contribution in [2.75, 3.05) is 5.75 Å². The van der Waals surface area contributed by atoms with E-state index in [0.717, 1.165) is 18.6 Å². The predicted octanol–water partition coefficient (Wildman–Crippen LogP) is 2.96. The van der Waals surface area contributed by atoms with Gasteiger partial charge in [-0.1, -0.05) is 32.1 Å². The largest absolute Gasteiger partial charge is 0.328 e. The molecule has 0 aromatic carbocycles. The van der Waals surface area contributed by atoms with Crippen molar-refractivity contribution in [3.63, 3.8) is 0 Å². The Morgan fingerprint density at radius 2 is 1.63 bits per heavy atom. The van der Waals surface area contributed by atoms with Crippen molar-refractivity contribution in [2.45, 2.75) is 51.5 Å². The molecule has 108 valence electrons. The minimum Gasteiger partial charge on any atom is -0.299 e. The smallest absolute Gasteiger partial charge is 0.299 e. The first kappa shape index (κ1) is 16.6. The summed E-state index contributed by atoms with van der Waals surface area (Å²) in [5.41, 5.74) is -0.701. The van der Waals surface area contributed by atoms with Crippen LogP contribution in [0.3, 0.4) is 0 Å². The number of aromatic nitrogens is 2. The molecule has 0 fully saturated rings. The third-order valence-electron chi connectivity index (χ3n) is 3.02. The van der Waals surface area contributed by atoms with E-state index in [1.165, 1.54) is 32.1 Å². The van der Waals surface area contributed by atoms with Crippen LogP contribution in [0.2, 0.25) is 0 Å². The number of nitrogens with one attached hydrogen (secondary N) is 1. The Balaban J connectivity index is 2.21. The summed E-state index contributed by atoms with van der Waals surface area (Å²) >= 11 is 7.31. The molecule has 1 aromatic heterocycles. The van der Waals surface area contributed by atoms with E-state index in [4.69, 9.17) is 0 Å². The fourth-order valence-corrected chi connectivity index (χ4v) is 2.50. The third kappa shape index (κ3) is 6.47. The lowest BCUT2D eigenvalue weighted by Gasteiger charge is -2.05. The van der Waals surface area contributed by atoms with Gasteiger partial charge in [-0.15, -0.1) is 0 Å². The van der Waals surface area contributed by atoms with Gasteiger partial charge in [0.15, 0.2) is 0 Å². The number of thiol groups is 1. The summed E-state index contributed by atoms with van der Waals surface area (Å²) in [4.78, 5) is 25.0. The van der Waals surface area contributed by atoms with E-state index in [1.807, 2.05) is 0 Å². The molecule has 0 saturated heterocycles. The van der Waals surface area contributed by atoms with Gasteiger partial charge in [0.05, 0.1) is 4.47 Å². The maximum absolute atomic E-state index is 11.5. The van der Waals surface area contributed by atoms with Crippen LogP contribution in [0.5, 0.6) is 0 Å². The van der Waals surface area contributed by atoms with E-state index >= 15 is 0 Å². The molecule has 0 atom stereocenters. The van der Waals surface area contributed by atoms with Crippen molar-refractivity contribution in [2.24, 2.45) is 0 Å². The van der Waals surface area contributed by atoms with E-state index < -0.39 is 0 Å². The lowest BCUT2D eigenvalue weighted by molar-refractivity contribution is 0.536. The lowest BCUT2D eigenvalue weighted by Crippen LogP contribution is -2.29. The van der Waals surface area contributed by atoms with E-state index in [2.05, 4.69) is 33.5 Å². The zero-order chi connectivity index (χ0) is 14.1. The Morgan fingerprint density at radius 1 is 1.05 bits per heavy atom. The van der Waals surface area contributed by atoms with Crippen molar-refractivity contribution in [1.82, 2.24) is 9.55 Å². The predicted molar refractivity (Wildman–Crippen MR) is 85.2 cm³/mol. The van der Waals surface area contributed by atoms with Crippen LogP contribution >= 0.6 is 28.6 Å². The highest BCUT2D eigenvalue weighted by Crippen LogP contribution is 2.08. The van der Waals surface area contributed by atoms with Gasteiger partial charge in [-0.3, -0.25) is 14.3 Å². The Morgan fingerprint density at radius 3 is 2.26 bits per heavy atom. The van der Waals surface area contributed by atoms with Crippen molar-refractivity contribution >= 4 is 28.6 Å².